The first-order valence-electron chi connectivity index (χ1n) is 10.6. The van der Waals surface area contributed by atoms with Crippen LogP contribution in [0.3, 0.4) is 0 Å². The number of sulfonamides is 1. The van der Waals surface area contributed by atoms with Gasteiger partial charge in [-0.2, -0.15) is 0 Å². The van der Waals surface area contributed by atoms with Crippen molar-refractivity contribution < 1.29 is 18.0 Å². The van der Waals surface area contributed by atoms with Gasteiger partial charge in [0.1, 0.15) is 0 Å². The van der Waals surface area contributed by atoms with Crippen LogP contribution in [0.25, 0.3) is 0 Å². The molecule has 158 valence electrons. The number of benzene rings is 1. The van der Waals surface area contributed by atoms with Gasteiger partial charge < -0.3 is 5.32 Å². The number of nitrogens with one attached hydrogen (secondary N) is 2. The molecular weight excluding hydrogens is 388 g/mol. The zero-order chi connectivity index (χ0) is 20.8. The second-order valence-corrected chi connectivity index (χ2v) is 11.2. The Morgan fingerprint density at radius 3 is 2.03 bits per heavy atom. The van der Waals surface area contributed by atoms with Crippen LogP contribution < -0.4 is 10.0 Å². The van der Waals surface area contributed by atoms with Crippen molar-refractivity contribution >= 4 is 21.7 Å². The normalized spacial score (nSPS) is 31.4. The molecule has 4 bridgehead atoms. The monoisotopic (exact) mass is 418 g/mol. The SMILES string of the molecule is CC(=O)c1ccc(S(=O)(=O)NCC(=O)N[C@H](C)C23CC4CC(CC(C4)C2)C3)cc1. The summed E-state index contributed by atoms with van der Waals surface area (Å²) in [7, 11) is -3.80. The molecule has 1 aromatic carbocycles. The summed E-state index contributed by atoms with van der Waals surface area (Å²) in [6.07, 6.45) is 7.62. The second kappa shape index (κ2) is 7.51. The van der Waals surface area contributed by atoms with E-state index < -0.39 is 10.0 Å². The number of Topliss-reactive ketones (excluding diaryl/α,β-unsaturated/α-hetero) is 1. The molecule has 1 amide bonds. The van der Waals surface area contributed by atoms with E-state index in [-0.39, 0.29) is 34.6 Å². The summed E-state index contributed by atoms with van der Waals surface area (Å²) in [6, 6.07) is 5.78. The first kappa shape index (κ1) is 20.5. The summed E-state index contributed by atoms with van der Waals surface area (Å²) in [5.74, 6) is 1.99. The standard InChI is InChI=1S/C22H30N2O4S/c1-14(25)19-3-5-20(6-4-19)29(27,28)23-13-21(26)24-15(2)22-10-16-7-17(11-22)9-18(8-16)12-22/h3-6,15-18,23H,7-13H2,1-2H3,(H,24,26)/t15-,16?,17?,18?,22?/m1/s1. The van der Waals surface area contributed by atoms with Crippen LogP contribution in [0.5, 0.6) is 0 Å². The van der Waals surface area contributed by atoms with E-state index >= 15 is 0 Å². The molecule has 1 atom stereocenters. The van der Waals surface area contributed by atoms with Gasteiger partial charge in [-0.3, -0.25) is 9.59 Å². The van der Waals surface area contributed by atoms with Crippen LogP contribution in [0, 0.1) is 23.2 Å². The van der Waals surface area contributed by atoms with E-state index in [2.05, 4.69) is 17.0 Å². The van der Waals surface area contributed by atoms with Gasteiger partial charge >= 0.3 is 0 Å². The predicted molar refractivity (Wildman–Crippen MR) is 110 cm³/mol. The van der Waals surface area contributed by atoms with Gasteiger partial charge in [0.25, 0.3) is 0 Å². The van der Waals surface area contributed by atoms with Gasteiger partial charge in [-0.15, -0.1) is 0 Å². The van der Waals surface area contributed by atoms with Crippen LogP contribution in [0.15, 0.2) is 29.2 Å². The van der Waals surface area contributed by atoms with Crippen LogP contribution in [0.4, 0.5) is 0 Å². The minimum absolute atomic E-state index is 0.0458. The molecule has 0 saturated heterocycles. The van der Waals surface area contributed by atoms with Gasteiger partial charge in [-0.1, -0.05) is 12.1 Å². The number of carbonyl (C=O) groups excluding carboxylic acids is 2. The van der Waals surface area contributed by atoms with Crippen LogP contribution in [-0.4, -0.2) is 32.7 Å². The lowest BCUT2D eigenvalue weighted by Gasteiger charge is -2.59. The third kappa shape index (κ3) is 4.12. The van der Waals surface area contributed by atoms with Gasteiger partial charge in [-0.25, -0.2) is 13.1 Å². The molecule has 0 radical (unpaired) electrons. The molecule has 4 aliphatic carbocycles. The van der Waals surface area contributed by atoms with E-state index in [0.717, 1.165) is 17.8 Å². The van der Waals surface area contributed by atoms with Crippen molar-refractivity contribution in [2.45, 2.75) is 63.3 Å². The summed E-state index contributed by atoms with van der Waals surface area (Å²) in [5.41, 5.74) is 0.636. The minimum atomic E-state index is -3.80. The van der Waals surface area contributed by atoms with Crippen LogP contribution in [-0.2, 0) is 14.8 Å². The largest absolute Gasteiger partial charge is 0.352 e. The summed E-state index contributed by atoms with van der Waals surface area (Å²) >= 11 is 0. The van der Waals surface area contributed by atoms with Crippen molar-refractivity contribution in [2.75, 3.05) is 6.54 Å². The molecule has 0 heterocycles. The average Bonchev–Trinajstić information content (AvgIpc) is 2.65. The fraction of sp³-hybridized carbons (Fsp3) is 0.636. The first-order chi connectivity index (χ1) is 13.7. The van der Waals surface area contributed by atoms with Crippen molar-refractivity contribution in [3.05, 3.63) is 29.8 Å². The molecule has 0 aliphatic heterocycles. The van der Waals surface area contributed by atoms with Crippen molar-refractivity contribution in [3.8, 4) is 0 Å². The van der Waals surface area contributed by atoms with Gasteiger partial charge in [-0.05, 0) is 87.7 Å². The van der Waals surface area contributed by atoms with E-state index in [1.165, 1.54) is 69.7 Å². The van der Waals surface area contributed by atoms with Crippen LogP contribution >= 0.6 is 0 Å². The fourth-order valence-electron chi connectivity index (χ4n) is 6.27. The molecule has 4 fully saturated rings. The maximum absolute atomic E-state index is 12.5. The summed E-state index contributed by atoms with van der Waals surface area (Å²) < 4.78 is 27.3. The highest BCUT2D eigenvalue weighted by atomic mass is 32.2. The highest BCUT2D eigenvalue weighted by molar-refractivity contribution is 7.89. The lowest BCUT2D eigenvalue weighted by atomic mass is 9.48. The molecule has 29 heavy (non-hydrogen) atoms. The Morgan fingerprint density at radius 1 is 1.03 bits per heavy atom. The molecular formula is C22H30N2O4S. The number of amides is 1. The summed E-state index contributed by atoms with van der Waals surface area (Å²) in [4.78, 5) is 23.9. The quantitative estimate of drug-likeness (QED) is 0.666. The number of rotatable bonds is 7. The number of hydrogen-bond acceptors (Lipinski definition) is 4. The van der Waals surface area contributed by atoms with E-state index in [1.54, 1.807) is 0 Å². The van der Waals surface area contributed by atoms with Gasteiger partial charge in [0, 0.05) is 11.6 Å². The molecule has 4 aliphatic rings. The zero-order valence-electron chi connectivity index (χ0n) is 17.1. The lowest BCUT2D eigenvalue weighted by Crippen LogP contribution is -2.56. The molecule has 1 aromatic rings. The van der Waals surface area contributed by atoms with Gasteiger partial charge in [0.05, 0.1) is 11.4 Å². The Bertz CT molecular complexity index is 872. The Morgan fingerprint density at radius 2 is 1.55 bits per heavy atom. The molecule has 4 saturated carbocycles. The Balaban J connectivity index is 1.34. The van der Waals surface area contributed by atoms with E-state index in [4.69, 9.17) is 0 Å². The van der Waals surface area contributed by atoms with Crippen molar-refractivity contribution in [1.82, 2.24) is 10.0 Å². The molecule has 6 nitrogen and oxygen atoms in total. The van der Waals surface area contributed by atoms with E-state index in [1.807, 2.05) is 0 Å². The Kier molecular flexibility index (Phi) is 5.32. The maximum atomic E-state index is 12.5. The molecule has 2 N–H and O–H groups in total. The van der Waals surface area contributed by atoms with E-state index in [0.29, 0.717) is 5.56 Å². The van der Waals surface area contributed by atoms with Crippen molar-refractivity contribution in [2.24, 2.45) is 23.2 Å². The second-order valence-electron chi connectivity index (χ2n) is 9.47. The topological polar surface area (TPSA) is 92.3 Å². The third-order valence-corrected chi connectivity index (χ3v) is 8.79. The summed E-state index contributed by atoms with van der Waals surface area (Å²) in [6.45, 7) is 3.23. The number of ketones is 1. The van der Waals surface area contributed by atoms with E-state index in [9.17, 15) is 18.0 Å². The summed E-state index contributed by atoms with van der Waals surface area (Å²) in [5, 5.41) is 3.07. The molecule has 0 spiro atoms. The molecule has 0 unspecified atom stereocenters. The average molecular weight is 419 g/mol. The Labute approximate surface area is 172 Å². The first-order valence-corrected chi connectivity index (χ1v) is 12.1. The van der Waals surface area contributed by atoms with Gasteiger partial charge in [0.15, 0.2) is 5.78 Å². The minimum Gasteiger partial charge on any atom is -0.352 e. The highest BCUT2D eigenvalue weighted by Crippen LogP contribution is 2.61. The lowest BCUT2D eigenvalue weighted by molar-refractivity contribution is -0.124. The Hall–Kier alpha value is -1.73. The molecule has 5 rings (SSSR count). The van der Waals surface area contributed by atoms with Crippen molar-refractivity contribution in [3.63, 3.8) is 0 Å². The van der Waals surface area contributed by atoms with Crippen LogP contribution in [0.1, 0.15) is 62.7 Å². The zero-order valence-corrected chi connectivity index (χ0v) is 17.9. The molecule has 0 aromatic heterocycles. The third-order valence-electron chi connectivity index (χ3n) is 7.38. The van der Waals surface area contributed by atoms with Crippen molar-refractivity contribution in [1.29, 1.82) is 0 Å². The van der Waals surface area contributed by atoms with Crippen LogP contribution in [0.2, 0.25) is 0 Å². The number of carbonyl (C=O) groups is 2. The number of hydrogen-bond donors (Lipinski definition) is 2. The molecule has 7 heteroatoms. The maximum Gasteiger partial charge on any atom is 0.241 e. The smallest absolute Gasteiger partial charge is 0.241 e. The fourth-order valence-corrected chi connectivity index (χ4v) is 7.25. The van der Waals surface area contributed by atoms with Gasteiger partial charge in [0.2, 0.25) is 15.9 Å². The predicted octanol–water partition coefficient (Wildman–Crippen LogP) is 2.89. The highest BCUT2D eigenvalue weighted by Gasteiger charge is 2.53.